The van der Waals surface area contributed by atoms with Crippen LogP contribution in [0.2, 0.25) is 0 Å². The maximum absolute atomic E-state index is 13.2. The molecule has 0 aliphatic carbocycles. The van der Waals surface area contributed by atoms with Gasteiger partial charge in [-0.2, -0.15) is 0 Å². The van der Waals surface area contributed by atoms with E-state index in [1.54, 1.807) is 23.1 Å². The van der Waals surface area contributed by atoms with Crippen molar-refractivity contribution in [2.75, 3.05) is 58.0 Å². The standard InChI is InChI=1S/C24H33N5O4S/c1-27(2)17-23(30)26-19-9-7-8-18(14-19)16-25-24(31)21-15-20(34(32,33)28(3)4)10-11-22(21)29-12-5-6-13-29/h7-11,14-15H,5-6,12-13,16-17H2,1-4H3,(H,25,31)(H,26,30). The molecule has 1 aliphatic rings. The first-order chi connectivity index (χ1) is 16.1. The van der Waals surface area contributed by atoms with Gasteiger partial charge in [-0.05, 0) is 62.8 Å². The molecule has 2 N–H and O–H groups in total. The number of likely N-dealkylation sites (N-methyl/N-ethyl adjacent to an activating group) is 1. The van der Waals surface area contributed by atoms with E-state index in [4.69, 9.17) is 0 Å². The predicted molar refractivity (Wildman–Crippen MR) is 134 cm³/mol. The maximum atomic E-state index is 13.2. The molecule has 1 aliphatic heterocycles. The van der Waals surface area contributed by atoms with E-state index in [9.17, 15) is 18.0 Å². The number of carbonyl (C=O) groups is 2. The number of amides is 2. The Labute approximate surface area is 201 Å². The smallest absolute Gasteiger partial charge is 0.253 e. The van der Waals surface area contributed by atoms with Crippen LogP contribution in [0.25, 0.3) is 0 Å². The van der Waals surface area contributed by atoms with E-state index in [1.165, 1.54) is 20.2 Å². The molecule has 1 fully saturated rings. The molecule has 34 heavy (non-hydrogen) atoms. The first-order valence-electron chi connectivity index (χ1n) is 11.2. The third kappa shape index (κ3) is 6.34. The Kier molecular flexibility index (Phi) is 8.29. The van der Waals surface area contributed by atoms with Crippen molar-refractivity contribution in [3.05, 3.63) is 53.6 Å². The van der Waals surface area contributed by atoms with Crippen LogP contribution >= 0.6 is 0 Å². The van der Waals surface area contributed by atoms with Crippen LogP contribution < -0.4 is 15.5 Å². The third-order valence-electron chi connectivity index (χ3n) is 5.56. The molecule has 0 radical (unpaired) electrons. The lowest BCUT2D eigenvalue weighted by Crippen LogP contribution is -2.29. The van der Waals surface area contributed by atoms with Gasteiger partial charge in [-0.25, -0.2) is 12.7 Å². The number of hydrogen-bond acceptors (Lipinski definition) is 6. The zero-order valence-corrected chi connectivity index (χ0v) is 21.0. The highest BCUT2D eigenvalue weighted by molar-refractivity contribution is 7.89. The number of rotatable bonds is 9. The molecule has 0 unspecified atom stereocenters. The van der Waals surface area contributed by atoms with Crippen molar-refractivity contribution >= 4 is 33.2 Å². The minimum atomic E-state index is -3.68. The zero-order chi connectivity index (χ0) is 24.9. The Balaban J connectivity index is 1.79. The van der Waals surface area contributed by atoms with E-state index in [1.807, 2.05) is 32.3 Å². The van der Waals surface area contributed by atoms with Crippen LogP contribution in [0, 0.1) is 0 Å². The molecule has 0 atom stereocenters. The van der Waals surface area contributed by atoms with Crippen LogP contribution in [0.5, 0.6) is 0 Å². The number of hydrogen-bond donors (Lipinski definition) is 2. The summed E-state index contributed by atoms with van der Waals surface area (Å²) in [6.45, 7) is 2.16. The second-order valence-corrected chi connectivity index (χ2v) is 11.0. The largest absolute Gasteiger partial charge is 0.371 e. The Morgan fingerprint density at radius 1 is 1.00 bits per heavy atom. The van der Waals surface area contributed by atoms with E-state index in [0.29, 0.717) is 11.3 Å². The maximum Gasteiger partial charge on any atom is 0.253 e. The molecule has 2 aromatic rings. The van der Waals surface area contributed by atoms with Gasteiger partial charge < -0.3 is 20.4 Å². The zero-order valence-electron chi connectivity index (χ0n) is 20.2. The van der Waals surface area contributed by atoms with Crippen molar-refractivity contribution in [3.8, 4) is 0 Å². The average molecular weight is 488 g/mol. The number of sulfonamides is 1. The van der Waals surface area contributed by atoms with Gasteiger partial charge in [-0.15, -0.1) is 0 Å². The molecule has 1 heterocycles. The molecule has 0 bridgehead atoms. The molecule has 2 aromatic carbocycles. The van der Waals surface area contributed by atoms with Gasteiger partial charge in [0.1, 0.15) is 0 Å². The van der Waals surface area contributed by atoms with E-state index in [-0.39, 0.29) is 29.8 Å². The van der Waals surface area contributed by atoms with E-state index < -0.39 is 10.0 Å². The summed E-state index contributed by atoms with van der Waals surface area (Å²) < 4.78 is 26.4. The van der Waals surface area contributed by atoms with Gasteiger partial charge in [0, 0.05) is 45.1 Å². The minimum Gasteiger partial charge on any atom is -0.371 e. The summed E-state index contributed by atoms with van der Waals surface area (Å²) in [6.07, 6.45) is 2.07. The van der Waals surface area contributed by atoms with Gasteiger partial charge in [0.25, 0.3) is 5.91 Å². The molecule has 3 rings (SSSR count). The molecule has 0 saturated carbocycles. The van der Waals surface area contributed by atoms with Gasteiger partial charge in [-0.1, -0.05) is 12.1 Å². The summed E-state index contributed by atoms with van der Waals surface area (Å²) in [4.78, 5) is 29.2. The van der Waals surface area contributed by atoms with Crippen molar-refractivity contribution in [3.63, 3.8) is 0 Å². The molecule has 0 aromatic heterocycles. The van der Waals surface area contributed by atoms with Crippen LogP contribution in [0.15, 0.2) is 47.4 Å². The fraction of sp³-hybridized carbons (Fsp3) is 0.417. The third-order valence-corrected chi connectivity index (χ3v) is 7.37. The average Bonchev–Trinajstić information content (AvgIpc) is 3.31. The van der Waals surface area contributed by atoms with Crippen molar-refractivity contribution in [1.82, 2.24) is 14.5 Å². The van der Waals surface area contributed by atoms with Crippen LogP contribution in [0.3, 0.4) is 0 Å². The van der Waals surface area contributed by atoms with Gasteiger partial charge >= 0.3 is 0 Å². The number of anilines is 2. The number of benzene rings is 2. The fourth-order valence-corrected chi connectivity index (χ4v) is 4.75. The minimum absolute atomic E-state index is 0.0798. The summed E-state index contributed by atoms with van der Waals surface area (Å²) in [5.74, 6) is -0.472. The van der Waals surface area contributed by atoms with Crippen LogP contribution in [-0.4, -0.2) is 77.3 Å². The van der Waals surface area contributed by atoms with Crippen molar-refractivity contribution < 1.29 is 18.0 Å². The van der Waals surface area contributed by atoms with Crippen molar-refractivity contribution in [2.45, 2.75) is 24.3 Å². The number of nitrogens with zero attached hydrogens (tertiary/aromatic N) is 3. The lowest BCUT2D eigenvalue weighted by Gasteiger charge is -2.22. The number of nitrogens with one attached hydrogen (secondary N) is 2. The summed E-state index contributed by atoms with van der Waals surface area (Å²) in [5, 5.41) is 5.75. The molecule has 184 valence electrons. The van der Waals surface area contributed by atoms with Crippen LogP contribution in [0.4, 0.5) is 11.4 Å². The monoisotopic (exact) mass is 487 g/mol. The highest BCUT2D eigenvalue weighted by Crippen LogP contribution is 2.28. The predicted octanol–water partition coefficient (Wildman–Crippen LogP) is 1.97. The van der Waals surface area contributed by atoms with Gasteiger partial charge in [0.15, 0.2) is 0 Å². The Morgan fingerprint density at radius 2 is 1.71 bits per heavy atom. The van der Waals surface area contributed by atoms with Gasteiger partial charge in [-0.3, -0.25) is 9.59 Å². The second-order valence-electron chi connectivity index (χ2n) is 8.83. The van der Waals surface area contributed by atoms with Gasteiger partial charge in [0.2, 0.25) is 15.9 Å². The quantitative estimate of drug-likeness (QED) is 0.561. The van der Waals surface area contributed by atoms with E-state index in [0.717, 1.165) is 41.5 Å². The van der Waals surface area contributed by atoms with Crippen molar-refractivity contribution in [1.29, 1.82) is 0 Å². The molecular weight excluding hydrogens is 454 g/mol. The molecule has 9 nitrogen and oxygen atoms in total. The Bertz CT molecular complexity index is 1140. The molecule has 1 saturated heterocycles. The van der Waals surface area contributed by atoms with E-state index >= 15 is 0 Å². The SMILES string of the molecule is CN(C)CC(=O)Nc1cccc(CNC(=O)c2cc(S(=O)(=O)N(C)C)ccc2N2CCCC2)c1. The molecule has 10 heteroatoms. The summed E-state index contributed by atoms with van der Waals surface area (Å²) >= 11 is 0. The lowest BCUT2D eigenvalue weighted by atomic mass is 10.1. The summed E-state index contributed by atoms with van der Waals surface area (Å²) in [7, 11) is 2.90. The summed E-state index contributed by atoms with van der Waals surface area (Å²) in [6, 6.07) is 12.0. The highest BCUT2D eigenvalue weighted by Gasteiger charge is 2.24. The first kappa shape index (κ1) is 25.7. The topological polar surface area (TPSA) is 102 Å². The Morgan fingerprint density at radius 3 is 2.35 bits per heavy atom. The van der Waals surface area contributed by atoms with Crippen molar-refractivity contribution in [2.24, 2.45) is 0 Å². The van der Waals surface area contributed by atoms with Gasteiger partial charge in [0.05, 0.1) is 17.0 Å². The molecule has 0 spiro atoms. The normalized spacial score (nSPS) is 14.0. The summed E-state index contributed by atoms with van der Waals surface area (Å²) in [5.41, 5.74) is 2.53. The molecule has 2 amide bonds. The Hall–Kier alpha value is -2.95. The number of carbonyl (C=O) groups excluding carboxylic acids is 2. The van der Waals surface area contributed by atoms with E-state index in [2.05, 4.69) is 15.5 Å². The fourth-order valence-electron chi connectivity index (χ4n) is 3.83. The molecular formula is C24H33N5O4S. The lowest BCUT2D eigenvalue weighted by molar-refractivity contribution is -0.116. The highest BCUT2D eigenvalue weighted by atomic mass is 32.2. The first-order valence-corrected chi connectivity index (χ1v) is 12.6. The van der Waals surface area contributed by atoms with Crippen LogP contribution in [0.1, 0.15) is 28.8 Å². The van der Waals surface area contributed by atoms with Crippen LogP contribution in [-0.2, 0) is 21.4 Å². The second kappa shape index (κ2) is 11.0.